The highest BCUT2D eigenvalue weighted by Crippen LogP contribution is 2.34. The van der Waals surface area contributed by atoms with Crippen LogP contribution in [0.25, 0.3) is 0 Å². The Kier molecular flexibility index (Phi) is 9.61. The predicted octanol–water partition coefficient (Wildman–Crippen LogP) is 4.94. The van der Waals surface area contributed by atoms with Crippen LogP contribution in [0.5, 0.6) is 11.5 Å². The maximum absolute atomic E-state index is 13.6. The first kappa shape index (κ1) is 29.2. The van der Waals surface area contributed by atoms with Gasteiger partial charge in [-0.25, -0.2) is 13.2 Å². The van der Waals surface area contributed by atoms with E-state index in [0.29, 0.717) is 10.6 Å². The van der Waals surface area contributed by atoms with E-state index in [4.69, 9.17) is 37.4 Å². The number of rotatable bonds is 10. The lowest BCUT2D eigenvalue weighted by Crippen LogP contribution is -2.37. The van der Waals surface area contributed by atoms with E-state index in [1.54, 1.807) is 24.3 Å². The van der Waals surface area contributed by atoms with Crippen LogP contribution in [0.1, 0.15) is 21.5 Å². The van der Waals surface area contributed by atoms with Gasteiger partial charge in [0.05, 0.1) is 44.0 Å². The van der Waals surface area contributed by atoms with E-state index >= 15 is 0 Å². The predicted molar refractivity (Wildman–Crippen MR) is 145 cm³/mol. The van der Waals surface area contributed by atoms with Crippen LogP contribution >= 0.6 is 23.2 Å². The van der Waals surface area contributed by atoms with Crippen molar-refractivity contribution >= 4 is 50.8 Å². The molecule has 38 heavy (non-hydrogen) atoms. The highest BCUT2D eigenvalue weighted by Gasteiger charge is 2.28. The molecule has 0 aliphatic carbocycles. The Balaban J connectivity index is 1.99. The van der Waals surface area contributed by atoms with Gasteiger partial charge in [0.25, 0.3) is 0 Å². The third-order valence-electron chi connectivity index (χ3n) is 5.54. The first-order chi connectivity index (χ1) is 18.0. The quantitative estimate of drug-likeness (QED) is 0.338. The maximum Gasteiger partial charge on any atom is 0.340 e. The minimum atomic E-state index is -4.14. The normalized spacial score (nSPS) is 11.2. The number of ether oxygens (including phenoxy) is 3. The van der Waals surface area contributed by atoms with Gasteiger partial charge in [-0.3, -0.25) is 4.79 Å². The zero-order valence-electron chi connectivity index (χ0n) is 21.1. The topological polar surface area (TPSA) is 111 Å². The van der Waals surface area contributed by atoms with E-state index in [1.165, 1.54) is 51.7 Å². The van der Waals surface area contributed by atoms with Gasteiger partial charge in [0.2, 0.25) is 15.9 Å². The van der Waals surface area contributed by atoms with E-state index in [-0.39, 0.29) is 39.2 Å². The third kappa shape index (κ3) is 6.76. The van der Waals surface area contributed by atoms with Crippen molar-refractivity contribution in [2.45, 2.75) is 18.4 Å². The first-order valence-corrected chi connectivity index (χ1v) is 13.3. The molecule has 0 heterocycles. The molecule has 1 amide bonds. The number of halogens is 2. The number of carbonyl (C=O) groups is 2. The standard InChI is InChI=1S/C26H26Cl2N2O7S/c1-16-5-9-19(10-6-16)38(33,34)30(14-17-7-8-18(27)11-21(17)28)15-25(31)29-22-13-24(36-3)23(35-2)12-20(22)26(32)37-4/h5-13H,14-15H2,1-4H3,(H,29,31). The summed E-state index contributed by atoms with van der Waals surface area (Å²) >= 11 is 12.3. The van der Waals surface area contributed by atoms with Gasteiger partial charge in [0.1, 0.15) is 0 Å². The number of hydrogen-bond acceptors (Lipinski definition) is 7. The molecule has 0 unspecified atom stereocenters. The van der Waals surface area contributed by atoms with Crippen LogP contribution in [0.15, 0.2) is 59.5 Å². The molecule has 0 saturated carbocycles. The van der Waals surface area contributed by atoms with Crippen molar-refractivity contribution in [3.63, 3.8) is 0 Å². The number of amides is 1. The number of nitrogens with zero attached hydrogens (tertiary/aromatic N) is 1. The zero-order valence-corrected chi connectivity index (χ0v) is 23.4. The van der Waals surface area contributed by atoms with Crippen LogP contribution in [-0.4, -0.2) is 52.5 Å². The summed E-state index contributed by atoms with van der Waals surface area (Å²) in [7, 11) is -0.158. The van der Waals surface area contributed by atoms with E-state index in [0.717, 1.165) is 9.87 Å². The van der Waals surface area contributed by atoms with Crippen molar-refractivity contribution in [2.24, 2.45) is 0 Å². The summed E-state index contributed by atoms with van der Waals surface area (Å²) < 4.78 is 43.5. The maximum atomic E-state index is 13.6. The van der Waals surface area contributed by atoms with Crippen LogP contribution in [-0.2, 0) is 26.1 Å². The molecule has 3 aromatic rings. The molecule has 202 valence electrons. The van der Waals surface area contributed by atoms with Crippen LogP contribution in [0.4, 0.5) is 5.69 Å². The minimum Gasteiger partial charge on any atom is -0.493 e. The number of benzene rings is 3. The molecule has 3 rings (SSSR count). The SMILES string of the molecule is COC(=O)c1cc(OC)c(OC)cc1NC(=O)CN(Cc1ccc(Cl)cc1Cl)S(=O)(=O)c1ccc(C)cc1. The number of aryl methyl sites for hydroxylation is 1. The summed E-state index contributed by atoms with van der Waals surface area (Å²) in [6.07, 6.45) is 0. The number of hydrogen-bond donors (Lipinski definition) is 1. The number of nitrogens with one attached hydrogen (secondary N) is 1. The summed E-state index contributed by atoms with van der Waals surface area (Å²) in [5.74, 6) is -0.971. The summed E-state index contributed by atoms with van der Waals surface area (Å²) in [5, 5.41) is 3.22. The molecule has 12 heteroatoms. The second kappa shape index (κ2) is 12.5. The molecular formula is C26H26Cl2N2O7S. The minimum absolute atomic E-state index is 0.00218. The second-order valence-electron chi connectivity index (χ2n) is 8.11. The molecule has 0 saturated heterocycles. The Morgan fingerprint density at radius 1 is 0.921 bits per heavy atom. The van der Waals surface area contributed by atoms with Crippen molar-refractivity contribution in [3.8, 4) is 11.5 Å². The second-order valence-corrected chi connectivity index (χ2v) is 10.9. The highest BCUT2D eigenvalue weighted by molar-refractivity contribution is 7.89. The monoisotopic (exact) mass is 580 g/mol. The molecule has 0 aliphatic heterocycles. The Morgan fingerprint density at radius 2 is 1.55 bits per heavy atom. The Morgan fingerprint density at radius 3 is 2.13 bits per heavy atom. The molecule has 0 radical (unpaired) electrons. The fourth-order valence-electron chi connectivity index (χ4n) is 3.54. The van der Waals surface area contributed by atoms with Crippen molar-refractivity contribution < 1.29 is 32.2 Å². The lowest BCUT2D eigenvalue weighted by atomic mass is 10.1. The fraction of sp³-hybridized carbons (Fsp3) is 0.231. The van der Waals surface area contributed by atoms with Gasteiger partial charge < -0.3 is 19.5 Å². The van der Waals surface area contributed by atoms with Gasteiger partial charge >= 0.3 is 5.97 Å². The first-order valence-electron chi connectivity index (χ1n) is 11.1. The average Bonchev–Trinajstić information content (AvgIpc) is 2.89. The molecule has 0 atom stereocenters. The van der Waals surface area contributed by atoms with Crippen molar-refractivity contribution in [2.75, 3.05) is 33.2 Å². The molecule has 0 aromatic heterocycles. The summed E-state index contributed by atoms with van der Waals surface area (Å²) in [5.41, 5.74) is 1.36. The molecule has 9 nitrogen and oxygen atoms in total. The Labute approximate surface area is 231 Å². The number of anilines is 1. The van der Waals surface area contributed by atoms with Crippen LogP contribution in [0.2, 0.25) is 10.0 Å². The lowest BCUT2D eigenvalue weighted by Gasteiger charge is -2.23. The van der Waals surface area contributed by atoms with Gasteiger partial charge in [-0.1, -0.05) is 47.0 Å². The average molecular weight is 581 g/mol. The van der Waals surface area contributed by atoms with Crippen molar-refractivity contribution in [3.05, 3.63) is 81.3 Å². The molecule has 0 bridgehead atoms. The van der Waals surface area contributed by atoms with Crippen molar-refractivity contribution in [1.82, 2.24) is 4.31 Å². The zero-order chi connectivity index (χ0) is 28.0. The lowest BCUT2D eigenvalue weighted by molar-refractivity contribution is -0.116. The van der Waals surface area contributed by atoms with Gasteiger partial charge in [0, 0.05) is 28.7 Å². The molecule has 0 spiro atoms. The highest BCUT2D eigenvalue weighted by atomic mass is 35.5. The largest absolute Gasteiger partial charge is 0.493 e. The Bertz CT molecular complexity index is 1440. The number of sulfonamides is 1. The molecule has 3 aromatic carbocycles. The van der Waals surface area contributed by atoms with Gasteiger partial charge in [0.15, 0.2) is 11.5 Å². The number of methoxy groups -OCH3 is 3. The smallest absolute Gasteiger partial charge is 0.340 e. The summed E-state index contributed by atoms with van der Waals surface area (Å²) in [6.45, 7) is 1.02. The van der Waals surface area contributed by atoms with Gasteiger partial charge in [-0.15, -0.1) is 0 Å². The Hall–Kier alpha value is -3.31. The van der Waals surface area contributed by atoms with Gasteiger partial charge in [-0.2, -0.15) is 4.31 Å². The fourth-order valence-corrected chi connectivity index (χ4v) is 5.38. The number of carbonyl (C=O) groups excluding carboxylic acids is 2. The van der Waals surface area contributed by atoms with E-state index in [9.17, 15) is 18.0 Å². The summed E-state index contributed by atoms with van der Waals surface area (Å²) in [6, 6.07) is 13.6. The van der Waals surface area contributed by atoms with Crippen LogP contribution in [0, 0.1) is 6.92 Å². The molecule has 0 fully saturated rings. The molecular weight excluding hydrogens is 555 g/mol. The number of esters is 1. The van der Waals surface area contributed by atoms with E-state index < -0.39 is 28.4 Å². The third-order valence-corrected chi connectivity index (χ3v) is 7.94. The van der Waals surface area contributed by atoms with Crippen molar-refractivity contribution in [1.29, 1.82) is 0 Å². The molecule has 1 N–H and O–H groups in total. The van der Waals surface area contributed by atoms with E-state index in [1.807, 2.05) is 6.92 Å². The van der Waals surface area contributed by atoms with E-state index in [2.05, 4.69) is 5.32 Å². The van der Waals surface area contributed by atoms with Gasteiger partial charge in [-0.05, 0) is 36.8 Å². The van der Waals surface area contributed by atoms with Crippen LogP contribution < -0.4 is 14.8 Å². The molecule has 0 aliphatic rings. The van der Waals surface area contributed by atoms with Crippen LogP contribution in [0.3, 0.4) is 0 Å². The summed E-state index contributed by atoms with van der Waals surface area (Å²) in [4.78, 5) is 25.6.